The van der Waals surface area contributed by atoms with E-state index in [1.54, 1.807) is 13.2 Å². The molecule has 0 aromatic rings. The number of amides is 3. The van der Waals surface area contributed by atoms with Gasteiger partial charge in [-0.15, -0.1) is 0 Å². The molecule has 0 fully saturated rings. The lowest BCUT2D eigenvalue weighted by molar-refractivity contribution is -0.142. The summed E-state index contributed by atoms with van der Waals surface area (Å²) in [5.74, 6) is -4.49. The Kier molecular flexibility index (Phi) is 12.7. The molecule has 0 spiro atoms. The predicted octanol–water partition coefficient (Wildman–Crippen LogP) is -1.24. The number of nitrogens with one attached hydrogen (secondary N) is 3. The second kappa shape index (κ2) is 13.8. The van der Waals surface area contributed by atoms with Crippen LogP contribution in [0.1, 0.15) is 33.1 Å². The van der Waals surface area contributed by atoms with Crippen molar-refractivity contribution in [1.29, 1.82) is 0 Å². The van der Waals surface area contributed by atoms with E-state index < -0.39 is 60.8 Å². The molecule has 0 radical (unpaired) electrons. The Morgan fingerprint density at radius 2 is 1.66 bits per heavy atom. The Hall–Kier alpha value is -2.34. The summed E-state index contributed by atoms with van der Waals surface area (Å²) < 4.78 is 0. The van der Waals surface area contributed by atoms with Crippen LogP contribution in [0.4, 0.5) is 0 Å². The first kappa shape index (κ1) is 26.7. The smallest absolute Gasteiger partial charge is 0.326 e. The topological polar surface area (TPSA) is 188 Å². The molecule has 0 saturated heterocycles. The van der Waals surface area contributed by atoms with Gasteiger partial charge in [0.25, 0.3) is 0 Å². The zero-order valence-electron chi connectivity index (χ0n) is 16.8. The SMILES string of the molecule is CCC(C)C(N)C(=O)NC(CC(=O)O)C(=O)NCC(=O)NC(CCSC)C(=O)O. The second-order valence-electron chi connectivity index (χ2n) is 6.53. The van der Waals surface area contributed by atoms with Crippen LogP contribution in [0, 0.1) is 5.92 Å². The van der Waals surface area contributed by atoms with Crippen LogP contribution in [0.2, 0.25) is 0 Å². The number of thioether (sulfide) groups is 1. The summed E-state index contributed by atoms with van der Waals surface area (Å²) in [5, 5.41) is 24.8. The number of rotatable bonds is 14. The van der Waals surface area contributed by atoms with Gasteiger partial charge in [-0.05, 0) is 24.3 Å². The highest BCUT2D eigenvalue weighted by atomic mass is 32.2. The molecular formula is C17H30N4O7S. The lowest BCUT2D eigenvalue weighted by Gasteiger charge is -2.22. The van der Waals surface area contributed by atoms with Crippen molar-refractivity contribution in [2.24, 2.45) is 11.7 Å². The van der Waals surface area contributed by atoms with Gasteiger partial charge in [0.2, 0.25) is 17.7 Å². The molecular weight excluding hydrogens is 404 g/mol. The monoisotopic (exact) mass is 434 g/mol. The van der Waals surface area contributed by atoms with Gasteiger partial charge >= 0.3 is 11.9 Å². The summed E-state index contributed by atoms with van der Waals surface area (Å²) in [4.78, 5) is 58.4. The number of carbonyl (C=O) groups is 5. The fourth-order valence-electron chi connectivity index (χ4n) is 2.19. The molecule has 0 aromatic carbocycles. The zero-order valence-corrected chi connectivity index (χ0v) is 17.6. The molecule has 11 nitrogen and oxygen atoms in total. The van der Waals surface area contributed by atoms with Gasteiger partial charge in [0.1, 0.15) is 12.1 Å². The van der Waals surface area contributed by atoms with E-state index in [0.29, 0.717) is 12.2 Å². The van der Waals surface area contributed by atoms with Gasteiger partial charge in [-0.1, -0.05) is 20.3 Å². The molecule has 166 valence electrons. The molecule has 0 heterocycles. The largest absolute Gasteiger partial charge is 0.481 e. The number of carboxylic acids is 2. The Balaban J connectivity index is 4.85. The highest BCUT2D eigenvalue weighted by Crippen LogP contribution is 2.06. The average Bonchev–Trinajstić information content (AvgIpc) is 2.66. The molecule has 0 saturated carbocycles. The van der Waals surface area contributed by atoms with Crippen molar-refractivity contribution < 1.29 is 34.2 Å². The number of carbonyl (C=O) groups excluding carboxylic acids is 3. The molecule has 0 aliphatic rings. The van der Waals surface area contributed by atoms with Gasteiger partial charge in [0.05, 0.1) is 19.0 Å². The van der Waals surface area contributed by atoms with Crippen LogP contribution in [0.5, 0.6) is 0 Å². The van der Waals surface area contributed by atoms with E-state index in [4.69, 9.17) is 15.9 Å². The van der Waals surface area contributed by atoms with Gasteiger partial charge in [0, 0.05) is 0 Å². The van der Waals surface area contributed by atoms with Crippen LogP contribution >= 0.6 is 11.8 Å². The number of carboxylic acid groups (broad SMARTS) is 2. The maximum Gasteiger partial charge on any atom is 0.326 e. The average molecular weight is 435 g/mol. The first-order chi connectivity index (χ1) is 13.5. The van der Waals surface area contributed by atoms with Crippen LogP contribution in [-0.2, 0) is 24.0 Å². The molecule has 0 bridgehead atoms. The van der Waals surface area contributed by atoms with Gasteiger partial charge < -0.3 is 31.9 Å². The first-order valence-electron chi connectivity index (χ1n) is 9.09. The maximum atomic E-state index is 12.2. The van der Waals surface area contributed by atoms with E-state index in [1.807, 2.05) is 6.92 Å². The van der Waals surface area contributed by atoms with Crippen LogP contribution in [0.15, 0.2) is 0 Å². The highest BCUT2D eigenvalue weighted by Gasteiger charge is 2.28. The Morgan fingerprint density at radius 3 is 2.14 bits per heavy atom. The molecule has 0 rings (SSSR count). The van der Waals surface area contributed by atoms with Gasteiger partial charge in [-0.25, -0.2) is 4.79 Å². The summed E-state index contributed by atoms with van der Waals surface area (Å²) in [6.45, 7) is 3.02. The van der Waals surface area contributed by atoms with Crippen molar-refractivity contribution in [2.45, 2.75) is 51.2 Å². The number of aliphatic carboxylic acids is 2. The summed E-state index contributed by atoms with van der Waals surface area (Å²) in [7, 11) is 0. The quantitative estimate of drug-likeness (QED) is 0.194. The molecule has 4 unspecified atom stereocenters. The molecule has 0 aliphatic heterocycles. The molecule has 7 N–H and O–H groups in total. The Labute approximate surface area is 173 Å². The number of nitrogens with two attached hydrogens (primary N) is 1. The lowest BCUT2D eigenvalue weighted by Crippen LogP contribution is -2.55. The van der Waals surface area contributed by atoms with E-state index in [0.717, 1.165) is 0 Å². The Morgan fingerprint density at radius 1 is 1.03 bits per heavy atom. The summed E-state index contributed by atoms with van der Waals surface area (Å²) >= 11 is 1.42. The third-order valence-electron chi connectivity index (χ3n) is 4.24. The normalized spacial score (nSPS) is 14.8. The molecule has 3 amide bonds. The van der Waals surface area contributed by atoms with E-state index >= 15 is 0 Å². The van der Waals surface area contributed by atoms with Crippen molar-refractivity contribution in [3.63, 3.8) is 0 Å². The Bertz CT molecular complexity index is 602. The van der Waals surface area contributed by atoms with E-state index in [-0.39, 0.29) is 12.3 Å². The zero-order chi connectivity index (χ0) is 22.6. The predicted molar refractivity (Wildman–Crippen MR) is 107 cm³/mol. The highest BCUT2D eigenvalue weighted by molar-refractivity contribution is 7.98. The standard InChI is InChI=1S/C17H30N4O7S/c1-4-9(2)14(18)16(26)21-11(7-13(23)24)15(25)19-8-12(22)20-10(17(27)28)5-6-29-3/h9-11,14H,4-8,18H2,1-3H3,(H,19,25)(H,20,22)(H,21,26)(H,23,24)(H,27,28). The lowest BCUT2D eigenvalue weighted by atomic mass is 9.99. The second-order valence-corrected chi connectivity index (χ2v) is 7.51. The maximum absolute atomic E-state index is 12.2. The van der Waals surface area contributed by atoms with Gasteiger partial charge in [0.15, 0.2) is 0 Å². The first-order valence-corrected chi connectivity index (χ1v) is 10.5. The van der Waals surface area contributed by atoms with Gasteiger partial charge in [-0.3, -0.25) is 19.2 Å². The van der Waals surface area contributed by atoms with E-state index in [2.05, 4.69) is 16.0 Å². The van der Waals surface area contributed by atoms with E-state index in [9.17, 15) is 24.0 Å². The van der Waals surface area contributed by atoms with Crippen LogP contribution < -0.4 is 21.7 Å². The summed E-state index contributed by atoms with van der Waals surface area (Å²) in [6.07, 6.45) is 1.93. The molecule has 4 atom stereocenters. The van der Waals surface area contributed by atoms with Crippen molar-refractivity contribution >= 4 is 41.4 Å². The van der Waals surface area contributed by atoms with Crippen LogP contribution in [-0.4, -0.2) is 76.6 Å². The van der Waals surface area contributed by atoms with Crippen molar-refractivity contribution in [1.82, 2.24) is 16.0 Å². The van der Waals surface area contributed by atoms with E-state index in [1.165, 1.54) is 11.8 Å². The summed E-state index contributed by atoms with van der Waals surface area (Å²) in [5.41, 5.74) is 5.78. The van der Waals surface area contributed by atoms with Crippen molar-refractivity contribution in [3.8, 4) is 0 Å². The minimum Gasteiger partial charge on any atom is -0.481 e. The molecule has 29 heavy (non-hydrogen) atoms. The minimum atomic E-state index is -1.42. The molecule has 0 aromatic heterocycles. The third kappa shape index (κ3) is 10.7. The van der Waals surface area contributed by atoms with Crippen LogP contribution in [0.3, 0.4) is 0 Å². The van der Waals surface area contributed by atoms with Crippen molar-refractivity contribution in [3.05, 3.63) is 0 Å². The number of hydrogen-bond donors (Lipinski definition) is 6. The molecule has 12 heteroatoms. The minimum absolute atomic E-state index is 0.177. The van der Waals surface area contributed by atoms with Crippen LogP contribution in [0.25, 0.3) is 0 Å². The fraction of sp³-hybridized carbons (Fsp3) is 0.706. The summed E-state index contributed by atoms with van der Waals surface area (Å²) in [6, 6.07) is -3.44. The number of hydrogen-bond acceptors (Lipinski definition) is 7. The van der Waals surface area contributed by atoms with Crippen molar-refractivity contribution in [2.75, 3.05) is 18.6 Å². The third-order valence-corrected chi connectivity index (χ3v) is 4.88. The fourth-order valence-corrected chi connectivity index (χ4v) is 2.66. The van der Waals surface area contributed by atoms with Gasteiger partial charge in [-0.2, -0.15) is 11.8 Å². The molecule has 0 aliphatic carbocycles.